The lowest BCUT2D eigenvalue weighted by molar-refractivity contribution is -0.136. The molecule has 7 heteroatoms. The summed E-state index contributed by atoms with van der Waals surface area (Å²) < 4.78 is 54.2. The molecule has 0 aliphatic rings. The molecule has 1 heterocycles. The zero-order valence-corrected chi connectivity index (χ0v) is 9.85. The van der Waals surface area contributed by atoms with Crippen LogP contribution in [0.3, 0.4) is 0 Å². The van der Waals surface area contributed by atoms with E-state index in [9.17, 15) is 17.6 Å². The van der Waals surface area contributed by atoms with Crippen LogP contribution < -0.4 is 10.1 Å². The van der Waals surface area contributed by atoms with Gasteiger partial charge in [0.1, 0.15) is 0 Å². The number of hydrogen-bond donors (Lipinski definition) is 1. The summed E-state index contributed by atoms with van der Waals surface area (Å²) >= 11 is 0. The molecule has 18 heavy (non-hydrogen) atoms. The maximum absolute atomic E-state index is 13.7. The first-order valence-electron chi connectivity index (χ1n) is 5.41. The van der Waals surface area contributed by atoms with Crippen molar-refractivity contribution in [3.63, 3.8) is 0 Å². The molecule has 1 aromatic heterocycles. The molecule has 1 rings (SSSR count). The van der Waals surface area contributed by atoms with Gasteiger partial charge in [-0.2, -0.15) is 13.2 Å². The van der Waals surface area contributed by atoms with Crippen LogP contribution in [0.25, 0.3) is 0 Å². The highest BCUT2D eigenvalue weighted by Gasteiger charge is 2.26. The van der Waals surface area contributed by atoms with Crippen molar-refractivity contribution in [3.8, 4) is 5.88 Å². The Bertz CT molecular complexity index is 382. The van der Waals surface area contributed by atoms with Crippen molar-refractivity contribution in [2.75, 3.05) is 13.7 Å². The van der Waals surface area contributed by atoms with Gasteiger partial charge in [0.05, 0.1) is 6.61 Å². The van der Waals surface area contributed by atoms with Crippen LogP contribution in [0.15, 0.2) is 12.3 Å². The van der Waals surface area contributed by atoms with Crippen molar-refractivity contribution in [1.82, 2.24) is 10.3 Å². The smallest absolute Gasteiger partial charge is 0.389 e. The van der Waals surface area contributed by atoms with E-state index in [1.54, 1.807) is 7.05 Å². The predicted molar refractivity (Wildman–Crippen MR) is 57.7 cm³/mol. The number of nitrogens with one attached hydrogen (secondary N) is 1. The van der Waals surface area contributed by atoms with Crippen molar-refractivity contribution < 1.29 is 22.3 Å². The fourth-order valence-corrected chi connectivity index (χ4v) is 1.33. The second-order valence-corrected chi connectivity index (χ2v) is 3.69. The number of hydrogen-bond acceptors (Lipinski definition) is 3. The molecule has 0 spiro atoms. The van der Waals surface area contributed by atoms with Gasteiger partial charge in [0.25, 0.3) is 5.88 Å². The zero-order chi connectivity index (χ0) is 13.6. The number of aromatic nitrogens is 1. The van der Waals surface area contributed by atoms with E-state index < -0.39 is 18.4 Å². The van der Waals surface area contributed by atoms with Crippen molar-refractivity contribution in [2.45, 2.75) is 25.6 Å². The largest absolute Gasteiger partial charge is 0.476 e. The number of pyridine rings is 1. The van der Waals surface area contributed by atoms with Gasteiger partial charge in [-0.3, -0.25) is 0 Å². The average molecular weight is 266 g/mol. The van der Waals surface area contributed by atoms with Crippen LogP contribution >= 0.6 is 0 Å². The van der Waals surface area contributed by atoms with Gasteiger partial charge < -0.3 is 10.1 Å². The lowest BCUT2D eigenvalue weighted by atomic mass is 10.2. The molecule has 0 aromatic carbocycles. The van der Waals surface area contributed by atoms with Crippen molar-refractivity contribution in [1.29, 1.82) is 0 Å². The predicted octanol–water partition coefficient (Wildman–Crippen LogP) is 2.66. The Hall–Kier alpha value is -1.37. The molecule has 102 valence electrons. The van der Waals surface area contributed by atoms with E-state index in [0.717, 1.165) is 0 Å². The standard InChI is InChI=1S/C11H14F4N2O/c1-16-7-8-3-5-17-10(9(8)12)18-6-2-4-11(13,14)15/h3,5,16H,2,4,6-7H2,1H3. The van der Waals surface area contributed by atoms with Crippen LogP contribution in [0.4, 0.5) is 17.6 Å². The van der Waals surface area contributed by atoms with E-state index in [-0.39, 0.29) is 18.9 Å². The minimum atomic E-state index is -4.22. The molecular weight excluding hydrogens is 252 g/mol. The lowest BCUT2D eigenvalue weighted by Crippen LogP contribution is -2.12. The Labute approximate surface area is 102 Å². The second kappa shape index (κ2) is 6.53. The number of rotatable bonds is 6. The zero-order valence-electron chi connectivity index (χ0n) is 9.85. The molecule has 0 aliphatic heterocycles. The van der Waals surface area contributed by atoms with Gasteiger partial charge in [0.15, 0.2) is 5.82 Å². The average Bonchev–Trinajstić information content (AvgIpc) is 2.28. The topological polar surface area (TPSA) is 34.2 Å². The SMILES string of the molecule is CNCc1ccnc(OCCCC(F)(F)F)c1F. The quantitative estimate of drug-likeness (QED) is 0.635. The first-order chi connectivity index (χ1) is 8.44. The summed E-state index contributed by atoms with van der Waals surface area (Å²) in [6.45, 7) is 0.0830. The van der Waals surface area contributed by atoms with E-state index in [2.05, 4.69) is 10.3 Å². The Morgan fingerprint density at radius 3 is 2.72 bits per heavy atom. The van der Waals surface area contributed by atoms with Crippen molar-refractivity contribution in [3.05, 3.63) is 23.6 Å². The highest BCUT2D eigenvalue weighted by Crippen LogP contribution is 2.22. The van der Waals surface area contributed by atoms with Crippen LogP contribution in [0.2, 0.25) is 0 Å². The fourth-order valence-electron chi connectivity index (χ4n) is 1.33. The Morgan fingerprint density at radius 1 is 1.39 bits per heavy atom. The van der Waals surface area contributed by atoms with Gasteiger partial charge in [-0.25, -0.2) is 9.37 Å². The van der Waals surface area contributed by atoms with E-state index in [0.29, 0.717) is 12.1 Å². The summed E-state index contributed by atoms with van der Waals surface area (Å²) in [5.41, 5.74) is 0.360. The summed E-state index contributed by atoms with van der Waals surface area (Å²) in [7, 11) is 1.66. The minimum absolute atomic E-state index is 0.216. The molecular formula is C11H14F4N2O. The van der Waals surface area contributed by atoms with Crippen LogP contribution in [-0.2, 0) is 6.54 Å². The minimum Gasteiger partial charge on any atom is -0.476 e. The number of ether oxygens (including phenoxy) is 1. The first-order valence-corrected chi connectivity index (χ1v) is 5.41. The van der Waals surface area contributed by atoms with Crippen LogP contribution in [0.1, 0.15) is 18.4 Å². The first kappa shape index (κ1) is 14.7. The second-order valence-electron chi connectivity index (χ2n) is 3.69. The molecule has 3 nitrogen and oxygen atoms in total. The van der Waals surface area contributed by atoms with Gasteiger partial charge in [-0.15, -0.1) is 0 Å². The lowest BCUT2D eigenvalue weighted by Gasteiger charge is -2.09. The number of nitrogens with zero attached hydrogens (tertiary/aromatic N) is 1. The molecule has 0 unspecified atom stereocenters. The van der Waals surface area contributed by atoms with Gasteiger partial charge >= 0.3 is 6.18 Å². The number of alkyl halides is 3. The Balaban J connectivity index is 2.50. The van der Waals surface area contributed by atoms with Crippen molar-refractivity contribution in [2.24, 2.45) is 0 Å². The summed E-state index contributed by atoms with van der Waals surface area (Å²) in [5.74, 6) is -0.899. The van der Waals surface area contributed by atoms with Gasteiger partial charge in [-0.1, -0.05) is 0 Å². The normalized spacial score (nSPS) is 11.6. The molecule has 0 amide bonds. The monoisotopic (exact) mass is 266 g/mol. The van der Waals surface area contributed by atoms with Crippen molar-refractivity contribution >= 4 is 0 Å². The molecule has 0 aliphatic carbocycles. The summed E-state index contributed by atoms with van der Waals surface area (Å²) in [4.78, 5) is 3.65. The van der Waals surface area contributed by atoms with Crippen LogP contribution in [0, 0.1) is 5.82 Å². The van der Waals surface area contributed by atoms with Crippen LogP contribution in [-0.4, -0.2) is 24.8 Å². The molecule has 0 saturated heterocycles. The van der Waals surface area contributed by atoms with Gasteiger partial charge in [0, 0.05) is 24.7 Å². The summed E-state index contributed by atoms with van der Waals surface area (Å²) in [6, 6.07) is 1.48. The molecule has 0 fully saturated rings. The van der Waals surface area contributed by atoms with Gasteiger partial charge in [-0.05, 0) is 19.5 Å². The third-order valence-corrected chi connectivity index (χ3v) is 2.15. The molecule has 0 radical (unpaired) electrons. The Kier molecular flexibility index (Phi) is 5.33. The van der Waals surface area contributed by atoms with E-state index in [4.69, 9.17) is 4.74 Å². The summed E-state index contributed by atoms with van der Waals surface area (Å²) in [6.07, 6.45) is -4.04. The maximum Gasteiger partial charge on any atom is 0.389 e. The van der Waals surface area contributed by atoms with E-state index in [1.807, 2.05) is 0 Å². The highest BCUT2D eigenvalue weighted by molar-refractivity contribution is 5.23. The summed E-state index contributed by atoms with van der Waals surface area (Å²) in [5, 5.41) is 2.77. The fraction of sp³-hybridized carbons (Fsp3) is 0.545. The molecule has 1 aromatic rings. The number of halogens is 4. The third-order valence-electron chi connectivity index (χ3n) is 2.15. The van der Waals surface area contributed by atoms with E-state index in [1.165, 1.54) is 12.3 Å². The maximum atomic E-state index is 13.7. The van der Waals surface area contributed by atoms with Gasteiger partial charge in [0.2, 0.25) is 0 Å². The molecule has 0 atom stereocenters. The molecule has 1 N–H and O–H groups in total. The highest BCUT2D eigenvalue weighted by atomic mass is 19.4. The molecule has 0 bridgehead atoms. The van der Waals surface area contributed by atoms with E-state index >= 15 is 0 Å². The molecule has 0 saturated carbocycles. The Morgan fingerprint density at radius 2 is 2.11 bits per heavy atom. The third kappa shape index (κ3) is 4.87. The van der Waals surface area contributed by atoms with Crippen LogP contribution in [0.5, 0.6) is 5.88 Å².